The summed E-state index contributed by atoms with van der Waals surface area (Å²) in [4.78, 5) is 10.4. The molecular formula is C9H11NO2. The minimum atomic E-state index is -0.768. The van der Waals surface area contributed by atoms with Gasteiger partial charge in [-0.25, -0.2) is 4.79 Å². The molecule has 0 saturated carbocycles. The molecule has 0 atom stereocenters. The maximum absolute atomic E-state index is 10.4. The summed E-state index contributed by atoms with van der Waals surface area (Å²) in [6, 6.07) is 7.33. The molecule has 0 spiro atoms. The van der Waals surface area contributed by atoms with E-state index in [4.69, 9.17) is 10.5 Å². The van der Waals surface area contributed by atoms with Crippen LogP contribution in [0.15, 0.2) is 24.3 Å². The summed E-state index contributed by atoms with van der Waals surface area (Å²) in [6.07, 6.45) is 0.0552. The van der Waals surface area contributed by atoms with Gasteiger partial charge in [0.1, 0.15) is 5.75 Å². The summed E-state index contributed by atoms with van der Waals surface area (Å²) in [5, 5.41) is 0. The molecule has 0 saturated heterocycles. The Balaban J connectivity index is 2.89. The number of carbonyl (C=O) groups excluding carboxylic acids is 1. The Morgan fingerprint density at radius 2 is 2.17 bits per heavy atom. The van der Waals surface area contributed by atoms with Crippen LogP contribution in [-0.2, 0) is 6.42 Å². The normalized spacial score (nSPS) is 9.42. The zero-order valence-corrected chi connectivity index (χ0v) is 6.91. The van der Waals surface area contributed by atoms with Crippen molar-refractivity contribution in [3.63, 3.8) is 0 Å². The summed E-state index contributed by atoms with van der Waals surface area (Å²) in [5.74, 6) is 0.549. The fraction of sp³-hybridized carbons (Fsp3) is 0.222. The van der Waals surface area contributed by atoms with Crippen LogP contribution in [0.5, 0.6) is 5.75 Å². The lowest BCUT2D eigenvalue weighted by Gasteiger charge is -2.04. The largest absolute Gasteiger partial charge is 0.410 e. The summed E-state index contributed by atoms with van der Waals surface area (Å²) >= 11 is 0. The highest BCUT2D eigenvalue weighted by molar-refractivity contribution is 5.68. The third kappa shape index (κ3) is 1.99. The first-order valence-electron chi connectivity index (χ1n) is 3.79. The number of nitrogens with two attached hydrogens (primary N) is 1. The molecule has 1 aromatic carbocycles. The number of hydrogen-bond donors (Lipinski definition) is 1. The van der Waals surface area contributed by atoms with Crippen molar-refractivity contribution in [2.24, 2.45) is 5.73 Å². The van der Waals surface area contributed by atoms with Crippen molar-refractivity contribution in [2.45, 2.75) is 13.3 Å². The second-order valence-corrected chi connectivity index (χ2v) is 2.38. The van der Waals surface area contributed by atoms with Gasteiger partial charge < -0.3 is 10.5 Å². The van der Waals surface area contributed by atoms with Gasteiger partial charge in [-0.05, 0) is 18.1 Å². The van der Waals surface area contributed by atoms with Gasteiger partial charge in [0.2, 0.25) is 0 Å². The van der Waals surface area contributed by atoms with Gasteiger partial charge in [0.15, 0.2) is 0 Å². The predicted octanol–water partition coefficient (Wildman–Crippen LogP) is 1.71. The Bertz CT molecular complexity index is 284. The van der Waals surface area contributed by atoms with E-state index in [1.165, 1.54) is 0 Å². The van der Waals surface area contributed by atoms with Crippen molar-refractivity contribution in [1.29, 1.82) is 0 Å². The number of rotatable bonds is 2. The number of primary amides is 1. The summed E-state index contributed by atoms with van der Waals surface area (Å²) in [6.45, 7) is 1.99. The third-order valence-electron chi connectivity index (χ3n) is 1.56. The van der Waals surface area contributed by atoms with Crippen molar-refractivity contribution in [3.05, 3.63) is 29.8 Å². The van der Waals surface area contributed by atoms with Gasteiger partial charge in [0, 0.05) is 0 Å². The molecule has 0 unspecified atom stereocenters. The minimum Gasteiger partial charge on any atom is -0.410 e. The minimum absolute atomic E-state index is 0.549. The lowest BCUT2D eigenvalue weighted by atomic mass is 10.1. The summed E-state index contributed by atoms with van der Waals surface area (Å²) in [7, 11) is 0. The van der Waals surface area contributed by atoms with Gasteiger partial charge >= 0.3 is 6.09 Å². The molecule has 1 aromatic rings. The molecule has 0 aromatic heterocycles. The van der Waals surface area contributed by atoms with Crippen molar-refractivity contribution in [2.75, 3.05) is 0 Å². The van der Waals surface area contributed by atoms with E-state index in [0.29, 0.717) is 5.75 Å². The highest BCUT2D eigenvalue weighted by Crippen LogP contribution is 2.17. The van der Waals surface area contributed by atoms with Gasteiger partial charge in [0.05, 0.1) is 0 Å². The van der Waals surface area contributed by atoms with Crippen LogP contribution >= 0.6 is 0 Å². The van der Waals surface area contributed by atoms with Gasteiger partial charge in [-0.15, -0.1) is 0 Å². The van der Waals surface area contributed by atoms with Crippen LogP contribution in [-0.4, -0.2) is 6.09 Å². The molecule has 0 aliphatic heterocycles. The van der Waals surface area contributed by atoms with Gasteiger partial charge in [0.25, 0.3) is 0 Å². The summed E-state index contributed by atoms with van der Waals surface area (Å²) < 4.78 is 4.78. The molecular weight excluding hydrogens is 154 g/mol. The number of carbonyl (C=O) groups is 1. The number of amides is 1. The van der Waals surface area contributed by atoms with E-state index in [-0.39, 0.29) is 0 Å². The standard InChI is InChI=1S/C9H11NO2/c1-2-7-5-3-4-6-8(7)12-9(10)11/h3-6H,2H2,1H3,(H2,10,11). The monoisotopic (exact) mass is 165 g/mol. The average molecular weight is 165 g/mol. The lowest BCUT2D eigenvalue weighted by molar-refractivity contribution is 0.210. The van der Waals surface area contributed by atoms with Crippen LogP contribution in [0.1, 0.15) is 12.5 Å². The second kappa shape index (κ2) is 3.76. The van der Waals surface area contributed by atoms with E-state index < -0.39 is 6.09 Å². The molecule has 2 N–H and O–H groups in total. The zero-order chi connectivity index (χ0) is 8.97. The SMILES string of the molecule is CCc1ccccc1OC(N)=O. The molecule has 12 heavy (non-hydrogen) atoms. The molecule has 3 heteroatoms. The fourth-order valence-electron chi connectivity index (χ4n) is 1.00. The molecule has 64 valence electrons. The van der Waals surface area contributed by atoms with E-state index in [1.807, 2.05) is 19.1 Å². The van der Waals surface area contributed by atoms with E-state index >= 15 is 0 Å². The number of benzene rings is 1. The molecule has 0 aliphatic rings. The molecule has 0 fully saturated rings. The van der Waals surface area contributed by atoms with E-state index in [9.17, 15) is 4.79 Å². The van der Waals surface area contributed by atoms with E-state index in [2.05, 4.69) is 0 Å². The van der Waals surface area contributed by atoms with Gasteiger partial charge in [-0.3, -0.25) is 0 Å². The van der Waals surface area contributed by atoms with Crippen molar-refractivity contribution in [3.8, 4) is 5.75 Å². The van der Waals surface area contributed by atoms with Crippen LogP contribution in [0.2, 0.25) is 0 Å². The zero-order valence-electron chi connectivity index (χ0n) is 6.91. The van der Waals surface area contributed by atoms with Crippen LogP contribution in [0.4, 0.5) is 4.79 Å². The quantitative estimate of drug-likeness (QED) is 0.725. The Morgan fingerprint density at radius 3 is 2.75 bits per heavy atom. The number of ether oxygens (including phenoxy) is 1. The topological polar surface area (TPSA) is 52.3 Å². The highest BCUT2D eigenvalue weighted by atomic mass is 16.5. The maximum atomic E-state index is 10.4. The van der Waals surface area contributed by atoms with Crippen LogP contribution in [0.25, 0.3) is 0 Å². The molecule has 0 aliphatic carbocycles. The average Bonchev–Trinajstić information content (AvgIpc) is 2.04. The molecule has 0 heterocycles. The number of para-hydroxylation sites is 1. The van der Waals surface area contributed by atoms with Crippen LogP contribution in [0, 0.1) is 0 Å². The van der Waals surface area contributed by atoms with Crippen LogP contribution in [0.3, 0.4) is 0 Å². The maximum Gasteiger partial charge on any atom is 0.409 e. The van der Waals surface area contributed by atoms with Crippen molar-refractivity contribution >= 4 is 6.09 Å². The molecule has 1 rings (SSSR count). The first-order valence-corrected chi connectivity index (χ1v) is 3.79. The van der Waals surface area contributed by atoms with E-state index in [1.54, 1.807) is 12.1 Å². The fourth-order valence-corrected chi connectivity index (χ4v) is 1.00. The first kappa shape index (κ1) is 8.59. The Hall–Kier alpha value is -1.51. The summed E-state index contributed by atoms with van der Waals surface area (Å²) in [5.41, 5.74) is 5.87. The molecule has 0 bridgehead atoms. The number of hydrogen-bond acceptors (Lipinski definition) is 2. The Labute approximate surface area is 71.1 Å². The van der Waals surface area contributed by atoms with Crippen molar-refractivity contribution in [1.82, 2.24) is 0 Å². The number of aryl methyl sites for hydroxylation is 1. The Kier molecular flexibility index (Phi) is 2.69. The smallest absolute Gasteiger partial charge is 0.409 e. The molecule has 1 amide bonds. The van der Waals surface area contributed by atoms with Crippen molar-refractivity contribution < 1.29 is 9.53 Å². The van der Waals surface area contributed by atoms with Gasteiger partial charge in [-0.2, -0.15) is 0 Å². The van der Waals surface area contributed by atoms with E-state index in [0.717, 1.165) is 12.0 Å². The Morgan fingerprint density at radius 1 is 1.50 bits per heavy atom. The predicted molar refractivity (Wildman–Crippen MR) is 46.0 cm³/mol. The molecule has 3 nitrogen and oxygen atoms in total. The third-order valence-corrected chi connectivity index (χ3v) is 1.56. The highest BCUT2D eigenvalue weighted by Gasteiger charge is 2.02. The second-order valence-electron chi connectivity index (χ2n) is 2.38. The van der Waals surface area contributed by atoms with Crippen LogP contribution < -0.4 is 10.5 Å². The van der Waals surface area contributed by atoms with Gasteiger partial charge in [-0.1, -0.05) is 25.1 Å². The first-order chi connectivity index (χ1) is 5.74. The lowest BCUT2D eigenvalue weighted by Crippen LogP contribution is -2.16. The molecule has 0 radical (unpaired) electrons.